The van der Waals surface area contributed by atoms with Crippen molar-refractivity contribution in [2.45, 2.75) is 45.4 Å². The highest BCUT2D eigenvalue weighted by Crippen LogP contribution is 2.20. The SMILES string of the molecule is COc1ccc(C(CNC(=O)C(C)NC(=O)OC(C)(C)C)N(C)C)cc1. The van der Waals surface area contributed by atoms with Crippen LogP contribution in [-0.2, 0) is 9.53 Å². The first-order valence-electron chi connectivity index (χ1n) is 8.61. The van der Waals surface area contributed by atoms with Crippen LogP contribution in [0, 0.1) is 0 Å². The third-order valence-electron chi connectivity index (χ3n) is 3.72. The fraction of sp³-hybridized carbons (Fsp3) is 0.579. The van der Waals surface area contributed by atoms with Gasteiger partial charge in [-0.1, -0.05) is 12.1 Å². The third kappa shape index (κ3) is 7.31. The first-order chi connectivity index (χ1) is 12.0. The van der Waals surface area contributed by atoms with E-state index >= 15 is 0 Å². The first-order valence-corrected chi connectivity index (χ1v) is 8.61. The van der Waals surface area contributed by atoms with Gasteiger partial charge in [0.15, 0.2) is 0 Å². The second-order valence-corrected chi connectivity index (χ2v) is 7.37. The normalized spacial score (nSPS) is 13.7. The number of likely N-dealkylation sites (N-methyl/N-ethyl adjacent to an activating group) is 1. The molecule has 0 spiro atoms. The fourth-order valence-corrected chi connectivity index (χ4v) is 2.32. The number of nitrogens with one attached hydrogen (secondary N) is 2. The highest BCUT2D eigenvalue weighted by molar-refractivity contribution is 5.85. The molecule has 26 heavy (non-hydrogen) atoms. The largest absolute Gasteiger partial charge is 0.497 e. The Morgan fingerprint density at radius 2 is 1.73 bits per heavy atom. The molecule has 7 nitrogen and oxygen atoms in total. The van der Waals surface area contributed by atoms with Crippen LogP contribution < -0.4 is 15.4 Å². The molecule has 1 aromatic carbocycles. The highest BCUT2D eigenvalue weighted by Gasteiger charge is 2.22. The number of amides is 2. The first kappa shape index (κ1) is 21.8. The van der Waals surface area contributed by atoms with Crippen LogP contribution in [0.1, 0.15) is 39.3 Å². The minimum Gasteiger partial charge on any atom is -0.497 e. The Hall–Kier alpha value is -2.28. The maximum atomic E-state index is 12.3. The molecular formula is C19H31N3O4. The molecule has 0 aliphatic carbocycles. The molecule has 0 fully saturated rings. The van der Waals surface area contributed by atoms with E-state index in [0.717, 1.165) is 11.3 Å². The lowest BCUT2D eigenvalue weighted by molar-refractivity contribution is -0.123. The molecule has 0 saturated heterocycles. The molecule has 0 aromatic heterocycles. The number of hydrogen-bond acceptors (Lipinski definition) is 5. The van der Waals surface area contributed by atoms with Gasteiger partial charge in [-0.25, -0.2) is 4.79 Å². The summed E-state index contributed by atoms with van der Waals surface area (Å²) in [6.45, 7) is 7.35. The van der Waals surface area contributed by atoms with Gasteiger partial charge in [0.1, 0.15) is 17.4 Å². The smallest absolute Gasteiger partial charge is 0.408 e. The van der Waals surface area contributed by atoms with Gasteiger partial charge in [0.05, 0.1) is 13.2 Å². The summed E-state index contributed by atoms with van der Waals surface area (Å²) in [5, 5.41) is 5.42. The number of alkyl carbamates (subject to hydrolysis) is 1. The lowest BCUT2D eigenvalue weighted by Gasteiger charge is -2.26. The lowest BCUT2D eigenvalue weighted by atomic mass is 10.1. The van der Waals surface area contributed by atoms with E-state index < -0.39 is 17.7 Å². The molecule has 2 amide bonds. The maximum absolute atomic E-state index is 12.3. The summed E-state index contributed by atoms with van der Waals surface area (Å²) in [4.78, 5) is 26.1. The maximum Gasteiger partial charge on any atom is 0.408 e. The van der Waals surface area contributed by atoms with Gasteiger partial charge in [0.2, 0.25) is 5.91 Å². The van der Waals surface area contributed by atoms with Gasteiger partial charge in [-0.2, -0.15) is 0 Å². The van der Waals surface area contributed by atoms with Crippen LogP contribution in [0.3, 0.4) is 0 Å². The molecule has 0 saturated carbocycles. The minimum absolute atomic E-state index is 0.00131. The van der Waals surface area contributed by atoms with E-state index in [2.05, 4.69) is 10.6 Å². The Balaban J connectivity index is 2.62. The summed E-state index contributed by atoms with van der Waals surface area (Å²) in [6.07, 6.45) is -0.612. The molecular weight excluding hydrogens is 334 g/mol. The van der Waals surface area contributed by atoms with Crippen molar-refractivity contribution in [3.63, 3.8) is 0 Å². The Bertz CT molecular complexity index is 594. The van der Waals surface area contributed by atoms with Crippen LogP contribution in [0.4, 0.5) is 4.79 Å². The number of ether oxygens (including phenoxy) is 2. The molecule has 2 unspecified atom stereocenters. The average molecular weight is 365 g/mol. The fourth-order valence-electron chi connectivity index (χ4n) is 2.32. The van der Waals surface area contributed by atoms with Crippen LogP contribution in [0.25, 0.3) is 0 Å². The molecule has 0 bridgehead atoms. The molecule has 0 aliphatic rings. The molecule has 2 atom stereocenters. The predicted octanol–water partition coefficient (Wildman–Crippen LogP) is 2.33. The summed E-state index contributed by atoms with van der Waals surface area (Å²) in [6, 6.07) is 7.03. The molecule has 0 radical (unpaired) electrons. The van der Waals surface area contributed by atoms with Crippen molar-refractivity contribution in [2.75, 3.05) is 27.7 Å². The summed E-state index contributed by atoms with van der Waals surface area (Å²) in [5.74, 6) is 0.515. The second kappa shape index (κ2) is 9.43. The summed E-state index contributed by atoms with van der Waals surface area (Å²) < 4.78 is 10.3. The van der Waals surface area contributed by atoms with E-state index in [1.165, 1.54) is 0 Å². The van der Waals surface area contributed by atoms with Crippen molar-refractivity contribution in [1.29, 1.82) is 0 Å². The number of methoxy groups -OCH3 is 1. The summed E-state index contributed by atoms with van der Waals surface area (Å²) in [7, 11) is 5.52. The highest BCUT2D eigenvalue weighted by atomic mass is 16.6. The van der Waals surface area contributed by atoms with Crippen molar-refractivity contribution in [3.8, 4) is 5.75 Å². The Morgan fingerprint density at radius 1 is 1.15 bits per heavy atom. The van der Waals surface area contributed by atoms with Gasteiger partial charge >= 0.3 is 6.09 Å². The molecule has 1 rings (SSSR count). The van der Waals surface area contributed by atoms with Gasteiger partial charge in [0, 0.05) is 6.54 Å². The van der Waals surface area contributed by atoms with Crippen LogP contribution in [0.15, 0.2) is 24.3 Å². The van der Waals surface area contributed by atoms with Crippen molar-refractivity contribution in [3.05, 3.63) is 29.8 Å². The van der Waals surface area contributed by atoms with E-state index in [4.69, 9.17) is 9.47 Å². The molecule has 0 aliphatic heterocycles. The summed E-state index contributed by atoms with van der Waals surface area (Å²) in [5.41, 5.74) is 0.453. The number of carbonyl (C=O) groups excluding carboxylic acids is 2. The van der Waals surface area contributed by atoms with Gasteiger partial charge in [0.25, 0.3) is 0 Å². The molecule has 0 heterocycles. The van der Waals surface area contributed by atoms with Crippen molar-refractivity contribution in [1.82, 2.24) is 15.5 Å². The molecule has 146 valence electrons. The standard InChI is InChI=1S/C19H31N3O4/c1-13(21-18(24)26-19(2,3)4)17(23)20-12-16(22(5)6)14-8-10-15(25-7)11-9-14/h8-11,13,16H,12H2,1-7H3,(H,20,23)(H,21,24). The van der Waals surface area contributed by atoms with Crippen LogP contribution >= 0.6 is 0 Å². The van der Waals surface area contributed by atoms with E-state index in [1.807, 2.05) is 43.3 Å². The average Bonchev–Trinajstić information content (AvgIpc) is 2.53. The zero-order valence-electron chi connectivity index (χ0n) is 16.8. The van der Waals surface area contributed by atoms with E-state index in [1.54, 1.807) is 34.8 Å². The second-order valence-electron chi connectivity index (χ2n) is 7.37. The van der Waals surface area contributed by atoms with Gasteiger partial charge < -0.3 is 25.0 Å². The zero-order valence-corrected chi connectivity index (χ0v) is 16.8. The van der Waals surface area contributed by atoms with E-state index in [9.17, 15) is 9.59 Å². The molecule has 2 N–H and O–H groups in total. The minimum atomic E-state index is -0.691. The predicted molar refractivity (Wildman–Crippen MR) is 101 cm³/mol. The van der Waals surface area contributed by atoms with Gasteiger partial charge in [-0.15, -0.1) is 0 Å². The molecule has 7 heteroatoms. The van der Waals surface area contributed by atoms with E-state index in [-0.39, 0.29) is 11.9 Å². The quantitative estimate of drug-likeness (QED) is 0.775. The van der Waals surface area contributed by atoms with Crippen molar-refractivity contribution < 1.29 is 19.1 Å². The zero-order chi connectivity index (χ0) is 19.9. The van der Waals surface area contributed by atoms with Crippen LogP contribution in [0.2, 0.25) is 0 Å². The number of benzene rings is 1. The van der Waals surface area contributed by atoms with Crippen molar-refractivity contribution in [2.24, 2.45) is 0 Å². The molecule has 1 aromatic rings. The van der Waals surface area contributed by atoms with Gasteiger partial charge in [-0.3, -0.25) is 4.79 Å². The topological polar surface area (TPSA) is 79.9 Å². The lowest BCUT2D eigenvalue weighted by Crippen LogP contribution is -2.48. The number of hydrogen-bond donors (Lipinski definition) is 2. The number of nitrogens with zero attached hydrogens (tertiary/aromatic N) is 1. The Labute approximate surface area is 156 Å². The van der Waals surface area contributed by atoms with E-state index in [0.29, 0.717) is 6.54 Å². The monoisotopic (exact) mass is 365 g/mol. The Morgan fingerprint density at radius 3 is 2.19 bits per heavy atom. The number of rotatable bonds is 7. The number of carbonyl (C=O) groups is 2. The Kier molecular flexibility index (Phi) is 7.89. The van der Waals surface area contributed by atoms with Crippen LogP contribution in [-0.4, -0.2) is 56.3 Å². The van der Waals surface area contributed by atoms with Crippen molar-refractivity contribution >= 4 is 12.0 Å². The van der Waals surface area contributed by atoms with Crippen LogP contribution in [0.5, 0.6) is 5.75 Å². The summed E-state index contributed by atoms with van der Waals surface area (Å²) >= 11 is 0. The van der Waals surface area contributed by atoms with Gasteiger partial charge in [-0.05, 0) is 59.5 Å². The third-order valence-corrected chi connectivity index (χ3v) is 3.72.